The van der Waals surface area contributed by atoms with E-state index >= 15 is 0 Å². The number of benzene rings is 1. The molecule has 7 heteroatoms. The minimum Gasteiger partial charge on any atom is -0.493 e. The second-order valence-electron chi connectivity index (χ2n) is 6.82. The SMILES string of the molecule is CCOC1CC(N)(C(=O)Nc2cc(OC)c(OC)cc2C)C1(C)C.Cl. The Morgan fingerprint density at radius 3 is 2.32 bits per heavy atom. The quantitative estimate of drug-likeness (QED) is 0.802. The molecule has 1 aliphatic carbocycles. The second kappa shape index (κ2) is 7.81. The number of carbonyl (C=O) groups is 1. The maximum Gasteiger partial charge on any atom is 0.245 e. The molecule has 3 N–H and O–H groups in total. The molecule has 0 aliphatic heterocycles. The summed E-state index contributed by atoms with van der Waals surface area (Å²) < 4.78 is 16.3. The van der Waals surface area contributed by atoms with Gasteiger partial charge in [-0.25, -0.2) is 0 Å². The fraction of sp³-hybridized carbons (Fsp3) is 0.611. The highest BCUT2D eigenvalue weighted by molar-refractivity contribution is 6.00. The number of carbonyl (C=O) groups excluding carboxylic acids is 1. The van der Waals surface area contributed by atoms with Gasteiger partial charge in [0.05, 0.1) is 20.3 Å². The van der Waals surface area contributed by atoms with Crippen LogP contribution in [-0.2, 0) is 9.53 Å². The molecular formula is C18H29ClN2O4. The van der Waals surface area contributed by atoms with Crippen molar-refractivity contribution in [2.75, 3.05) is 26.1 Å². The van der Waals surface area contributed by atoms with Gasteiger partial charge in [0, 0.05) is 30.2 Å². The molecule has 1 saturated carbocycles. The van der Waals surface area contributed by atoms with Gasteiger partial charge in [-0.05, 0) is 25.5 Å². The van der Waals surface area contributed by atoms with E-state index in [1.165, 1.54) is 0 Å². The third-order valence-electron chi connectivity index (χ3n) is 5.21. The number of nitrogens with two attached hydrogens (primary N) is 1. The van der Waals surface area contributed by atoms with Crippen molar-refractivity contribution in [3.8, 4) is 11.5 Å². The van der Waals surface area contributed by atoms with E-state index in [1.807, 2.05) is 33.8 Å². The third-order valence-corrected chi connectivity index (χ3v) is 5.21. The van der Waals surface area contributed by atoms with Crippen LogP contribution >= 0.6 is 12.4 Å². The molecule has 2 atom stereocenters. The molecular weight excluding hydrogens is 344 g/mol. The Morgan fingerprint density at radius 2 is 1.84 bits per heavy atom. The number of ether oxygens (including phenoxy) is 3. The lowest BCUT2D eigenvalue weighted by Crippen LogP contribution is -2.74. The van der Waals surface area contributed by atoms with Gasteiger partial charge in [0.25, 0.3) is 0 Å². The van der Waals surface area contributed by atoms with Crippen LogP contribution in [0.5, 0.6) is 11.5 Å². The van der Waals surface area contributed by atoms with Gasteiger partial charge in [-0.15, -0.1) is 12.4 Å². The number of halogens is 1. The van der Waals surface area contributed by atoms with Crippen molar-refractivity contribution >= 4 is 24.0 Å². The molecule has 0 bridgehead atoms. The smallest absolute Gasteiger partial charge is 0.245 e. The first-order valence-corrected chi connectivity index (χ1v) is 8.15. The summed E-state index contributed by atoms with van der Waals surface area (Å²) in [6.45, 7) is 8.39. The second-order valence-corrected chi connectivity index (χ2v) is 6.82. The summed E-state index contributed by atoms with van der Waals surface area (Å²) in [5, 5.41) is 2.94. The first kappa shape index (κ1) is 21.5. The van der Waals surface area contributed by atoms with E-state index in [0.29, 0.717) is 30.2 Å². The molecule has 1 aromatic carbocycles. The van der Waals surface area contributed by atoms with E-state index in [-0.39, 0.29) is 24.4 Å². The van der Waals surface area contributed by atoms with Gasteiger partial charge in [0.1, 0.15) is 5.54 Å². The first-order chi connectivity index (χ1) is 11.2. The molecule has 2 rings (SSSR count). The molecule has 0 radical (unpaired) electrons. The molecule has 142 valence electrons. The van der Waals surface area contributed by atoms with Crippen molar-refractivity contribution in [2.24, 2.45) is 11.1 Å². The third kappa shape index (κ3) is 3.57. The molecule has 1 aliphatic rings. The summed E-state index contributed by atoms with van der Waals surface area (Å²) in [7, 11) is 3.14. The van der Waals surface area contributed by atoms with Gasteiger partial charge in [0.2, 0.25) is 5.91 Å². The standard InChI is InChI=1S/C18H28N2O4.ClH/c1-7-24-15-10-18(19,17(15,3)4)16(21)20-12-9-14(23-6)13(22-5)8-11(12)2;/h8-9,15H,7,10,19H2,1-6H3,(H,20,21);1H. The van der Waals surface area contributed by atoms with Crippen LogP contribution in [0.3, 0.4) is 0 Å². The Morgan fingerprint density at radius 1 is 1.28 bits per heavy atom. The van der Waals surface area contributed by atoms with Crippen molar-refractivity contribution in [1.29, 1.82) is 0 Å². The number of hydrogen-bond donors (Lipinski definition) is 2. The summed E-state index contributed by atoms with van der Waals surface area (Å²) in [6, 6.07) is 3.58. The molecule has 2 unspecified atom stereocenters. The summed E-state index contributed by atoms with van der Waals surface area (Å²) in [4.78, 5) is 12.8. The number of rotatable bonds is 6. The molecule has 0 spiro atoms. The summed E-state index contributed by atoms with van der Waals surface area (Å²) in [6.07, 6.45) is 0.496. The Balaban J connectivity index is 0.00000312. The predicted octanol–water partition coefficient (Wildman–Crippen LogP) is 2.91. The lowest BCUT2D eigenvalue weighted by Gasteiger charge is -2.57. The fourth-order valence-corrected chi connectivity index (χ4v) is 3.17. The first-order valence-electron chi connectivity index (χ1n) is 8.15. The minimum atomic E-state index is -0.966. The normalized spacial score (nSPS) is 23.9. The Kier molecular flexibility index (Phi) is 6.73. The average Bonchev–Trinajstić information content (AvgIpc) is 2.55. The van der Waals surface area contributed by atoms with Gasteiger partial charge in [0.15, 0.2) is 11.5 Å². The number of nitrogens with one attached hydrogen (secondary N) is 1. The zero-order valence-electron chi connectivity index (χ0n) is 15.8. The van der Waals surface area contributed by atoms with E-state index in [9.17, 15) is 4.79 Å². The highest BCUT2D eigenvalue weighted by atomic mass is 35.5. The lowest BCUT2D eigenvalue weighted by molar-refractivity contribution is -0.166. The number of anilines is 1. The van der Waals surface area contributed by atoms with Gasteiger partial charge in [-0.1, -0.05) is 13.8 Å². The topological polar surface area (TPSA) is 82.8 Å². The molecule has 25 heavy (non-hydrogen) atoms. The summed E-state index contributed by atoms with van der Waals surface area (Å²) >= 11 is 0. The molecule has 1 aromatic rings. The van der Waals surface area contributed by atoms with E-state index < -0.39 is 11.0 Å². The predicted molar refractivity (Wildman–Crippen MR) is 101 cm³/mol. The van der Waals surface area contributed by atoms with Crippen LogP contribution in [0.2, 0.25) is 0 Å². The number of amides is 1. The summed E-state index contributed by atoms with van der Waals surface area (Å²) in [5.41, 5.74) is 6.57. The number of aryl methyl sites for hydroxylation is 1. The van der Waals surface area contributed by atoms with Gasteiger partial charge in [-0.2, -0.15) is 0 Å². The van der Waals surface area contributed by atoms with Crippen LogP contribution in [0, 0.1) is 12.3 Å². The van der Waals surface area contributed by atoms with E-state index in [4.69, 9.17) is 19.9 Å². The van der Waals surface area contributed by atoms with Crippen LogP contribution in [-0.4, -0.2) is 38.4 Å². The van der Waals surface area contributed by atoms with Gasteiger partial charge >= 0.3 is 0 Å². The fourth-order valence-electron chi connectivity index (χ4n) is 3.17. The average molecular weight is 373 g/mol. The van der Waals surface area contributed by atoms with Crippen LogP contribution < -0.4 is 20.5 Å². The van der Waals surface area contributed by atoms with Crippen LogP contribution in [0.15, 0.2) is 12.1 Å². The van der Waals surface area contributed by atoms with Crippen molar-refractivity contribution in [1.82, 2.24) is 0 Å². The van der Waals surface area contributed by atoms with E-state index in [0.717, 1.165) is 5.56 Å². The monoisotopic (exact) mass is 372 g/mol. The number of hydrogen-bond acceptors (Lipinski definition) is 5. The molecule has 0 heterocycles. The van der Waals surface area contributed by atoms with Gasteiger partial charge in [-0.3, -0.25) is 4.79 Å². The zero-order valence-corrected chi connectivity index (χ0v) is 16.6. The van der Waals surface area contributed by atoms with Gasteiger partial charge < -0.3 is 25.3 Å². The zero-order chi connectivity index (χ0) is 18.1. The Hall–Kier alpha value is -1.50. The molecule has 1 amide bonds. The van der Waals surface area contributed by atoms with Crippen molar-refractivity contribution in [3.63, 3.8) is 0 Å². The van der Waals surface area contributed by atoms with Crippen molar-refractivity contribution < 1.29 is 19.0 Å². The minimum absolute atomic E-state index is 0. The van der Waals surface area contributed by atoms with Crippen molar-refractivity contribution in [2.45, 2.75) is 45.8 Å². The van der Waals surface area contributed by atoms with Crippen LogP contribution in [0.4, 0.5) is 5.69 Å². The lowest BCUT2D eigenvalue weighted by atomic mass is 9.54. The molecule has 0 aromatic heterocycles. The molecule has 0 saturated heterocycles. The highest BCUT2D eigenvalue weighted by Crippen LogP contribution is 2.50. The van der Waals surface area contributed by atoms with Crippen LogP contribution in [0.1, 0.15) is 32.8 Å². The van der Waals surface area contributed by atoms with Crippen molar-refractivity contribution in [3.05, 3.63) is 17.7 Å². The molecule has 1 fully saturated rings. The highest BCUT2D eigenvalue weighted by Gasteiger charge is 2.62. The maximum atomic E-state index is 12.8. The summed E-state index contributed by atoms with van der Waals surface area (Å²) in [5.74, 6) is 0.971. The van der Waals surface area contributed by atoms with Crippen LogP contribution in [0.25, 0.3) is 0 Å². The Labute approximate surface area is 155 Å². The molecule has 6 nitrogen and oxygen atoms in total. The maximum absolute atomic E-state index is 12.8. The number of methoxy groups -OCH3 is 2. The van der Waals surface area contributed by atoms with E-state index in [1.54, 1.807) is 20.3 Å². The van der Waals surface area contributed by atoms with E-state index in [2.05, 4.69) is 5.32 Å². The Bertz CT molecular complexity index is 636. The largest absolute Gasteiger partial charge is 0.493 e.